The summed E-state index contributed by atoms with van der Waals surface area (Å²) < 4.78 is 23.2. The van der Waals surface area contributed by atoms with Gasteiger partial charge in [0, 0.05) is 49.0 Å². The number of hydrogen-bond donors (Lipinski definition) is 6. The Morgan fingerprint density at radius 2 is 1.73 bits per heavy atom. The van der Waals surface area contributed by atoms with Crippen LogP contribution in [0.15, 0.2) is 55.0 Å². The van der Waals surface area contributed by atoms with Gasteiger partial charge < -0.3 is 61.3 Å². The molecule has 18 nitrogen and oxygen atoms in total. The van der Waals surface area contributed by atoms with Gasteiger partial charge in [0.2, 0.25) is 11.8 Å². The highest BCUT2D eigenvalue weighted by atomic mass is 33.1. The number of unbranched alkanes of at least 4 members (excludes halogenated alkanes) is 1. The van der Waals surface area contributed by atoms with Gasteiger partial charge in [-0.05, 0) is 68.3 Å². The molecule has 0 aliphatic rings. The van der Waals surface area contributed by atoms with Crippen LogP contribution in [0.2, 0.25) is 0 Å². The molecule has 4 atom stereocenters. The number of nitrogens with one attached hydrogen (secondary N) is 2. The van der Waals surface area contributed by atoms with Crippen molar-refractivity contribution < 1.29 is 48.0 Å². The summed E-state index contributed by atoms with van der Waals surface area (Å²) in [6.45, 7) is 5.05. The van der Waals surface area contributed by atoms with Gasteiger partial charge in [0.1, 0.15) is 43.0 Å². The summed E-state index contributed by atoms with van der Waals surface area (Å²) in [6.07, 6.45) is 3.75. The number of hydrogen-bond acceptors (Lipinski definition) is 17. The van der Waals surface area contributed by atoms with Crippen molar-refractivity contribution in [3.8, 4) is 11.8 Å². The Balaban J connectivity index is 1.27. The third kappa shape index (κ3) is 15.6. The summed E-state index contributed by atoms with van der Waals surface area (Å²) in [4.78, 5) is 71.2. The molecular formula is C44H56N8O10S2. The molecule has 2 unspecified atom stereocenters. The minimum Gasteiger partial charge on any atom is -0.462 e. The normalized spacial score (nSPS) is 12.9. The van der Waals surface area contributed by atoms with Crippen molar-refractivity contribution in [1.82, 2.24) is 19.9 Å². The Kier molecular flexibility index (Phi) is 21.5. The predicted molar refractivity (Wildman–Crippen MR) is 246 cm³/mol. The zero-order chi connectivity index (χ0) is 46.4. The number of ether oxygens (including phenoxy) is 4. The summed E-state index contributed by atoms with van der Waals surface area (Å²) in [6, 6.07) is 11.3. The van der Waals surface area contributed by atoms with E-state index in [2.05, 4.69) is 32.4 Å². The maximum absolute atomic E-state index is 13.2. The first-order chi connectivity index (χ1) is 30.9. The van der Waals surface area contributed by atoms with Crippen LogP contribution in [0.4, 0.5) is 11.5 Å². The first-order valence-electron chi connectivity index (χ1n) is 20.6. The molecule has 344 valence electrons. The van der Waals surface area contributed by atoms with Crippen molar-refractivity contribution in [2.45, 2.75) is 69.6 Å². The maximum atomic E-state index is 13.2. The summed E-state index contributed by atoms with van der Waals surface area (Å²) >= 11 is 0. The number of benzene rings is 2. The molecule has 0 saturated carbocycles. The third-order valence-electron chi connectivity index (χ3n) is 9.47. The van der Waals surface area contributed by atoms with E-state index in [1.165, 1.54) is 17.1 Å². The second kappa shape index (κ2) is 26.9. The molecule has 20 heteroatoms. The van der Waals surface area contributed by atoms with Gasteiger partial charge in [0.25, 0.3) is 0 Å². The fraction of sp³-hybridized carbons (Fsp3) is 0.432. The van der Waals surface area contributed by atoms with Gasteiger partial charge in [0.15, 0.2) is 0 Å². The zero-order valence-corrected chi connectivity index (χ0v) is 37.7. The van der Waals surface area contributed by atoms with E-state index < -0.39 is 30.3 Å². The molecule has 2 aromatic heterocycles. The van der Waals surface area contributed by atoms with Crippen molar-refractivity contribution in [3.63, 3.8) is 0 Å². The number of carbonyl (C=O) groups is 5. The zero-order valence-electron chi connectivity index (χ0n) is 36.1. The highest BCUT2D eigenvalue weighted by molar-refractivity contribution is 8.76. The molecular weight excluding hydrogens is 865 g/mol. The van der Waals surface area contributed by atoms with Crippen LogP contribution < -0.4 is 27.8 Å². The van der Waals surface area contributed by atoms with Crippen LogP contribution in [0.1, 0.15) is 101 Å². The van der Waals surface area contributed by atoms with E-state index in [-0.39, 0.29) is 79.7 Å². The van der Waals surface area contributed by atoms with Crippen molar-refractivity contribution >= 4 is 74.2 Å². The molecule has 2 heterocycles. The number of aldehydes is 1. The fourth-order valence-electron chi connectivity index (χ4n) is 6.40. The number of carbonyl (C=O) groups excluding carboxylic acids is 5. The van der Waals surface area contributed by atoms with Crippen molar-refractivity contribution in [2.24, 2.45) is 11.5 Å². The van der Waals surface area contributed by atoms with E-state index in [0.29, 0.717) is 72.2 Å². The number of aliphatic hydroxyl groups is 1. The van der Waals surface area contributed by atoms with Gasteiger partial charge in [-0.25, -0.2) is 19.6 Å². The molecule has 2 amide bonds. The molecule has 0 aliphatic carbocycles. The van der Waals surface area contributed by atoms with Crippen molar-refractivity contribution in [1.29, 1.82) is 0 Å². The summed E-state index contributed by atoms with van der Waals surface area (Å²) in [5, 5.41) is 17.1. The van der Waals surface area contributed by atoms with Crippen LogP contribution >= 0.6 is 21.6 Å². The number of aromatic nitrogens is 3. The molecule has 9 N–H and O–H groups in total. The Morgan fingerprint density at radius 3 is 2.48 bits per heavy atom. The van der Waals surface area contributed by atoms with E-state index in [1.54, 1.807) is 71.0 Å². The number of aliphatic hydroxyl groups excluding tert-OH is 1. The second-order valence-electron chi connectivity index (χ2n) is 14.3. The quantitative estimate of drug-likeness (QED) is 0.0169. The fourth-order valence-corrected chi connectivity index (χ4v) is 8.16. The van der Waals surface area contributed by atoms with Crippen LogP contribution in [0.5, 0.6) is 0 Å². The standard InChI is InChI=1S/C44H56N8O10S2/c1-28(46)33-10-4-5-11-34(33)44(58)62-32(15-18-53)24-39(56)52-25-30(40-41(47)49-27-50-42(40)52)9-8-17-48-37(54)12-6-7-19-61-43(57)35-14-13-31(23-36(35)29(2)64-63-3)51-38(55)26-60-22-21-59-20-16-45/h4-5,10-11,13-14,18,23,25,27-29,32,39,56H,6-7,12,15-17,19-22,24,26,45-46H2,1-3H3,(H,48,54)(H,51,55)(H2,47,49,50)/t28?,29?,32-,39+/m0/s1. The number of amides is 2. The van der Waals surface area contributed by atoms with E-state index in [9.17, 15) is 29.1 Å². The van der Waals surface area contributed by atoms with Gasteiger partial charge in [-0.2, -0.15) is 0 Å². The molecule has 0 aliphatic heterocycles. The number of nitrogen functional groups attached to an aromatic ring is 1. The molecule has 0 radical (unpaired) electrons. The lowest BCUT2D eigenvalue weighted by Gasteiger charge is -2.21. The van der Waals surface area contributed by atoms with Gasteiger partial charge in [0.05, 0.1) is 55.0 Å². The number of nitrogens with zero attached hydrogens (tertiary/aromatic N) is 3. The van der Waals surface area contributed by atoms with E-state index in [1.807, 2.05) is 13.2 Å². The number of nitrogens with two attached hydrogens (primary N) is 3. The van der Waals surface area contributed by atoms with Gasteiger partial charge >= 0.3 is 11.9 Å². The lowest BCUT2D eigenvalue weighted by molar-refractivity contribution is -0.121. The van der Waals surface area contributed by atoms with E-state index in [0.717, 1.165) is 0 Å². The molecule has 0 bridgehead atoms. The Labute approximate surface area is 379 Å². The molecule has 4 rings (SSSR count). The van der Waals surface area contributed by atoms with Gasteiger partial charge in [-0.1, -0.05) is 51.6 Å². The monoisotopic (exact) mass is 920 g/mol. The largest absolute Gasteiger partial charge is 0.462 e. The smallest absolute Gasteiger partial charge is 0.338 e. The number of anilines is 2. The molecule has 0 fully saturated rings. The molecule has 0 saturated heterocycles. The highest BCUT2D eigenvalue weighted by Crippen LogP contribution is 2.39. The summed E-state index contributed by atoms with van der Waals surface area (Å²) in [5.74, 6) is 4.18. The molecule has 4 aromatic rings. The van der Waals surface area contributed by atoms with Crippen LogP contribution in [-0.4, -0.2) is 108 Å². The van der Waals surface area contributed by atoms with E-state index >= 15 is 0 Å². The highest BCUT2D eigenvalue weighted by Gasteiger charge is 2.25. The van der Waals surface area contributed by atoms with Gasteiger partial charge in [-0.15, -0.1) is 0 Å². The summed E-state index contributed by atoms with van der Waals surface area (Å²) in [5.41, 5.74) is 20.7. The lowest BCUT2D eigenvalue weighted by atomic mass is 10.0. The van der Waals surface area contributed by atoms with Crippen LogP contribution in [0, 0.1) is 11.8 Å². The van der Waals surface area contributed by atoms with Crippen LogP contribution in [0.25, 0.3) is 11.0 Å². The lowest BCUT2D eigenvalue weighted by Crippen LogP contribution is -2.25. The first-order valence-corrected chi connectivity index (χ1v) is 23.2. The predicted octanol–water partition coefficient (Wildman–Crippen LogP) is 4.23. The van der Waals surface area contributed by atoms with Gasteiger partial charge in [-0.3, -0.25) is 9.59 Å². The third-order valence-corrected chi connectivity index (χ3v) is 11.6. The Morgan fingerprint density at radius 1 is 0.969 bits per heavy atom. The van der Waals surface area contributed by atoms with Crippen molar-refractivity contribution in [2.75, 3.05) is 63.4 Å². The van der Waals surface area contributed by atoms with Crippen LogP contribution in [-0.2, 0) is 33.3 Å². The number of rotatable bonds is 26. The molecule has 0 spiro atoms. The minimum atomic E-state index is -1.30. The summed E-state index contributed by atoms with van der Waals surface area (Å²) in [7, 11) is 3.11. The Bertz CT molecular complexity index is 2260. The Hall–Kier alpha value is -5.53. The average molecular weight is 921 g/mol. The number of fused-ring (bicyclic) bond motifs is 1. The topological polar surface area (TPSA) is 275 Å². The number of esters is 2. The maximum Gasteiger partial charge on any atom is 0.338 e. The first kappa shape index (κ1) is 51.1. The van der Waals surface area contributed by atoms with E-state index in [4.69, 9.17) is 36.1 Å². The van der Waals surface area contributed by atoms with Crippen LogP contribution in [0.3, 0.4) is 0 Å². The minimum absolute atomic E-state index is 0.000414. The van der Waals surface area contributed by atoms with Crippen molar-refractivity contribution in [3.05, 3.63) is 82.8 Å². The SMILES string of the molecule is CSSC(C)c1cc(NC(=O)COCCOCCN)ccc1C(=O)OCCCCC(=O)NCC#Cc1cn([C@H](O)C[C@H](CC=O)OC(=O)c2ccccc2C(C)N)c2ncnc(N)c12. The average Bonchev–Trinajstić information content (AvgIpc) is 3.66. The molecule has 2 aromatic carbocycles. The second-order valence-corrected chi connectivity index (χ2v) is 17.1. The molecule has 64 heavy (non-hydrogen) atoms.